The number of carbonyl (C=O) groups is 1. The summed E-state index contributed by atoms with van der Waals surface area (Å²) in [6, 6.07) is 1.44. The van der Waals surface area contributed by atoms with E-state index in [2.05, 4.69) is 15.0 Å². The van der Waals surface area contributed by atoms with Gasteiger partial charge in [-0.2, -0.15) is 0 Å². The van der Waals surface area contributed by atoms with E-state index in [0.29, 0.717) is 18.3 Å². The SMILES string of the molecule is Cn1ccnc1C[C@@H]1CCCN1C(=O)c1cc(=O)[nH]c(C2CC2)n1. The summed E-state index contributed by atoms with van der Waals surface area (Å²) in [6.07, 6.45) is 8.41. The monoisotopic (exact) mass is 327 g/mol. The fraction of sp³-hybridized carbons (Fsp3) is 0.529. The van der Waals surface area contributed by atoms with Crippen LogP contribution >= 0.6 is 0 Å². The molecule has 0 bridgehead atoms. The first-order valence-corrected chi connectivity index (χ1v) is 8.50. The average molecular weight is 327 g/mol. The van der Waals surface area contributed by atoms with Gasteiger partial charge in [-0.05, 0) is 25.7 Å². The summed E-state index contributed by atoms with van der Waals surface area (Å²) in [4.78, 5) is 38.2. The van der Waals surface area contributed by atoms with Crippen LogP contribution in [-0.4, -0.2) is 42.9 Å². The van der Waals surface area contributed by atoms with E-state index in [-0.39, 0.29) is 23.2 Å². The molecule has 1 amide bonds. The lowest BCUT2D eigenvalue weighted by Crippen LogP contribution is -2.38. The first kappa shape index (κ1) is 15.1. The fourth-order valence-corrected chi connectivity index (χ4v) is 3.40. The fourth-order valence-electron chi connectivity index (χ4n) is 3.40. The summed E-state index contributed by atoms with van der Waals surface area (Å²) in [5, 5.41) is 0. The lowest BCUT2D eigenvalue weighted by atomic mass is 10.1. The smallest absolute Gasteiger partial charge is 0.272 e. The number of rotatable bonds is 4. The molecule has 2 aliphatic rings. The number of hydrogen-bond acceptors (Lipinski definition) is 4. The Morgan fingerprint density at radius 1 is 1.38 bits per heavy atom. The topological polar surface area (TPSA) is 83.9 Å². The van der Waals surface area contributed by atoms with Crippen LogP contribution in [0.3, 0.4) is 0 Å². The molecule has 1 N–H and O–H groups in total. The Bertz CT molecular complexity index is 820. The van der Waals surface area contributed by atoms with Crippen molar-refractivity contribution in [1.29, 1.82) is 0 Å². The molecular formula is C17H21N5O2. The summed E-state index contributed by atoms with van der Waals surface area (Å²) in [5.74, 6) is 1.80. The zero-order valence-corrected chi connectivity index (χ0v) is 13.7. The molecule has 1 atom stereocenters. The van der Waals surface area contributed by atoms with Gasteiger partial charge < -0.3 is 14.5 Å². The van der Waals surface area contributed by atoms with Gasteiger partial charge in [-0.3, -0.25) is 9.59 Å². The van der Waals surface area contributed by atoms with Crippen LogP contribution < -0.4 is 5.56 Å². The number of amides is 1. The van der Waals surface area contributed by atoms with Crippen molar-refractivity contribution in [2.24, 2.45) is 7.05 Å². The third-order valence-corrected chi connectivity index (χ3v) is 4.92. The van der Waals surface area contributed by atoms with Gasteiger partial charge in [0.15, 0.2) is 0 Å². The number of hydrogen-bond donors (Lipinski definition) is 1. The summed E-state index contributed by atoms with van der Waals surface area (Å²) in [7, 11) is 1.96. The Hall–Kier alpha value is -2.44. The van der Waals surface area contributed by atoms with Crippen molar-refractivity contribution in [1.82, 2.24) is 24.4 Å². The maximum Gasteiger partial charge on any atom is 0.272 e. The van der Waals surface area contributed by atoms with Crippen molar-refractivity contribution >= 4 is 5.91 Å². The number of aromatic nitrogens is 4. The van der Waals surface area contributed by atoms with Gasteiger partial charge >= 0.3 is 0 Å². The minimum atomic E-state index is -0.241. The number of likely N-dealkylation sites (tertiary alicyclic amines) is 1. The number of nitrogens with zero attached hydrogens (tertiary/aromatic N) is 4. The lowest BCUT2D eigenvalue weighted by Gasteiger charge is -2.24. The van der Waals surface area contributed by atoms with Crippen LogP contribution in [0.4, 0.5) is 0 Å². The Morgan fingerprint density at radius 3 is 2.92 bits per heavy atom. The third kappa shape index (κ3) is 2.86. The Kier molecular flexibility index (Phi) is 3.70. The predicted octanol–water partition coefficient (Wildman–Crippen LogP) is 1.23. The second-order valence-electron chi connectivity index (χ2n) is 6.74. The summed E-state index contributed by atoms with van der Waals surface area (Å²) in [5.41, 5.74) is 0.0301. The summed E-state index contributed by atoms with van der Waals surface area (Å²) in [6.45, 7) is 0.709. The molecule has 1 aliphatic heterocycles. The van der Waals surface area contributed by atoms with Crippen LogP contribution in [-0.2, 0) is 13.5 Å². The molecule has 0 radical (unpaired) electrons. The van der Waals surface area contributed by atoms with Crippen LogP contribution in [0.25, 0.3) is 0 Å². The van der Waals surface area contributed by atoms with E-state index >= 15 is 0 Å². The Morgan fingerprint density at radius 2 is 2.21 bits per heavy atom. The molecule has 126 valence electrons. The molecule has 2 aromatic rings. The molecule has 0 spiro atoms. The summed E-state index contributed by atoms with van der Waals surface area (Å²) >= 11 is 0. The molecule has 1 saturated carbocycles. The largest absolute Gasteiger partial charge is 0.338 e. The maximum absolute atomic E-state index is 12.9. The van der Waals surface area contributed by atoms with Gasteiger partial charge in [0.2, 0.25) is 0 Å². The second-order valence-corrected chi connectivity index (χ2v) is 6.74. The first-order chi connectivity index (χ1) is 11.6. The molecule has 24 heavy (non-hydrogen) atoms. The number of imidazole rings is 1. The number of nitrogens with one attached hydrogen (secondary N) is 1. The van der Waals surface area contributed by atoms with Gasteiger partial charge in [0.25, 0.3) is 11.5 Å². The minimum Gasteiger partial charge on any atom is -0.338 e. The van der Waals surface area contributed by atoms with Crippen LogP contribution in [0.1, 0.15) is 53.7 Å². The van der Waals surface area contributed by atoms with Gasteiger partial charge in [0.1, 0.15) is 17.3 Å². The van der Waals surface area contributed by atoms with Crippen molar-refractivity contribution in [2.75, 3.05) is 6.54 Å². The van der Waals surface area contributed by atoms with Crippen LogP contribution in [0.2, 0.25) is 0 Å². The zero-order valence-electron chi connectivity index (χ0n) is 13.7. The quantitative estimate of drug-likeness (QED) is 0.915. The van der Waals surface area contributed by atoms with E-state index in [1.807, 2.05) is 22.7 Å². The van der Waals surface area contributed by atoms with Crippen molar-refractivity contribution in [3.8, 4) is 0 Å². The van der Waals surface area contributed by atoms with Crippen LogP contribution in [0, 0.1) is 0 Å². The molecule has 0 unspecified atom stereocenters. The highest BCUT2D eigenvalue weighted by molar-refractivity contribution is 5.92. The molecule has 0 aromatic carbocycles. The van der Waals surface area contributed by atoms with E-state index in [1.54, 1.807) is 6.20 Å². The molecule has 7 heteroatoms. The molecule has 2 aromatic heterocycles. The van der Waals surface area contributed by atoms with Crippen LogP contribution in [0.15, 0.2) is 23.3 Å². The molecule has 3 heterocycles. The normalized spacial score (nSPS) is 20.5. The number of H-pyrrole nitrogens is 1. The van der Waals surface area contributed by atoms with Crippen molar-refractivity contribution in [3.63, 3.8) is 0 Å². The van der Waals surface area contributed by atoms with E-state index in [0.717, 1.165) is 37.9 Å². The molecule has 7 nitrogen and oxygen atoms in total. The van der Waals surface area contributed by atoms with Gasteiger partial charge in [0, 0.05) is 50.4 Å². The van der Waals surface area contributed by atoms with E-state index in [9.17, 15) is 9.59 Å². The van der Waals surface area contributed by atoms with Gasteiger partial charge in [-0.15, -0.1) is 0 Å². The summed E-state index contributed by atoms with van der Waals surface area (Å²) < 4.78 is 1.98. The number of aromatic amines is 1. The van der Waals surface area contributed by atoms with Gasteiger partial charge in [-0.1, -0.05) is 0 Å². The van der Waals surface area contributed by atoms with Crippen molar-refractivity contribution < 1.29 is 4.79 Å². The highest BCUT2D eigenvalue weighted by Crippen LogP contribution is 2.37. The van der Waals surface area contributed by atoms with E-state index in [4.69, 9.17) is 0 Å². The minimum absolute atomic E-state index is 0.115. The van der Waals surface area contributed by atoms with E-state index in [1.165, 1.54) is 6.07 Å². The molecule has 2 fully saturated rings. The molecule has 1 aliphatic carbocycles. The number of carbonyl (C=O) groups excluding carboxylic acids is 1. The van der Waals surface area contributed by atoms with E-state index < -0.39 is 0 Å². The molecule has 4 rings (SSSR count). The van der Waals surface area contributed by atoms with Crippen molar-refractivity contribution in [2.45, 2.75) is 44.1 Å². The molecule has 1 saturated heterocycles. The maximum atomic E-state index is 12.9. The van der Waals surface area contributed by atoms with Crippen LogP contribution in [0.5, 0.6) is 0 Å². The highest BCUT2D eigenvalue weighted by atomic mass is 16.2. The second kappa shape index (κ2) is 5.89. The highest BCUT2D eigenvalue weighted by Gasteiger charge is 2.32. The first-order valence-electron chi connectivity index (χ1n) is 8.50. The van der Waals surface area contributed by atoms with Gasteiger partial charge in [0.05, 0.1) is 0 Å². The third-order valence-electron chi connectivity index (χ3n) is 4.92. The standard InChI is InChI=1S/C17H21N5O2/c1-21-8-6-18-14(21)9-12-3-2-7-22(12)17(24)13-10-15(23)20-16(19-13)11-4-5-11/h6,8,10-12H,2-5,7,9H2,1H3,(H,19,20,23)/t12-/m0/s1. The van der Waals surface area contributed by atoms with Gasteiger partial charge in [-0.25, -0.2) is 9.97 Å². The van der Waals surface area contributed by atoms with Crippen molar-refractivity contribution in [3.05, 3.63) is 46.2 Å². The number of aryl methyl sites for hydroxylation is 1. The average Bonchev–Trinajstić information content (AvgIpc) is 3.20. The Labute approximate surface area is 139 Å². The lowest BCUT2D eigenvalue weighted by molar-refractivity contribution is 0.0728. The zero-order chi connectivity index (χ0) is 16.7. The molecular weight excluding hydrogens is 306 g/mol. The predicted molar refractivity (Wildman–Crippen MR) is 87.8 cm³/mol. The Balaban J connectivity index is 1.56.